The maximum Gasteiger partial charge on any atom is 0.214 e. The van der Waals surface area contributed by atoms with E-state index in [0.717, 1.165) is 0 Å². The van der Waals surface area contributed by atoms with Crippen molar-refractivity contribution in [1.29, 1.82) is 0 Å². The van der Waals surface area contributed by atoms with Crippen LogP contribution in [0.15, 0.2) is 0 Å². The van der Waals surface area contributed by atoms with Gasteiger partial charge in [0.1, 0.15) is 0 Å². The SMILES string of the molecule is CCC(CO)(CO)NS(=O)(=O)CCOC(C)C. The van der Waals surface area contributed by atoms with Crippen molar-refractivity contribution in [3.05, 3.63) is 0 Å². The van der Waals surface area contributed by atoms with Gasteiger partial charge in [-0.3, -0.25) is 0 Å². The molecule has 0 aliphatic heterocycles. The van der Waals surface area contributed by atoms with Crippen LogP contribution >= 0.6 is 0 Å². The van der Waals surface area contributed by atoms with Crippen LogP contribution < -0.4 is 4.72 Å². The highest BCUT2D eigenvalue weighted by atomic mass is 32.2. The smallest absolute Gasteiger partial charge is 0.214 e. The Bertz CT molecular complexity index is 290. The average molecular weight is 269 g/mol. The predicted molar refractivity (Wildman–Crippen MR) is 65.2 cm³/mol. The minimum absolute atomic E-state index is 0.0307. The van der Waals surface area contributed by atoms with Crippen molar-refractivity contribution in [2.75, 3.05) is 25.6 Å². The van der Waals surface area contributed by atoms with Crippen molar-refractivity contribution >= 4 is 10.0 Å². The van der Waals surface area contributed by atoms with Crippen LogP contribution in [0.25, 0.3) is 0 Å². The molecule has 0 aliphatic rings. The molecule has 17 heavy (non-hydrogen) atoms. The van der Waals surface area contributed by atoms with Crippen molar-refractivity contribution < 1.29 is 23.4 Å². The topological polar surface area (TPSA) is 95.9 Å². The molecule has 0 unspecified atom stereocenters. The highest BCUT2D eigenvalue weighted by Gasteiger charge is 2.31. The zero-order valence-corrected chi connectivity index (χ0v) is 11.5. The quantitative estimate of drug-likeness (QED) is 0.523. The summed E-state index contributed by atoms with van der Waals surface area (Å²) in [6.07, 6.45) is 0.279. The number of sulfonamides is 1. The van der Waals surface area contributed by atoms with Gasteiger partial charge in [0.15, 0.2) is 0 Å². The largest absolute Gasteiger partial charge is 0.394 e. The lowest BCUT2D eigenvalue weighted by atomic mass is 10.0. The fourth-order valence-corrected chi connectivity index (χ4v) is 2.54. The number of aliphatic hydroxyl groups is 2. The number of ether oxygens (including phenoxy) is 1. The van der Waals surface area contributed by atoms with Gasteiger partial charge in [-0.1, -0.05) is 6.92 Å². The molecule has 0 fully saturated rings. The summed E-state index contributed by atoms with van der Waals surface area (Å²) < 4.78 is 30.9. The summed E-state index contributed by atoms with van der Waals surface area (Å²) >= 11 is 0. The molecule has 0 aromatic heterocycles. The van der Waals surface area contributed by atoms with Gasteiger partial charge in [0.25, 0.3) is 0 Å². The van der Waals surface area contributed by atoms with Crippen LogP contribution in [0.1, 0.15) is 27.2 Å². The van der Waals surface area contributed by atoms with Crippen LogP contribution in [0.5, 0.6) is 0 Å². The molecule has 3 N–H and O–H groups in total. The van der Waals surface area contributed by atoms with Crippen molar-refractivity contribution in [1.82, 2.24) is 4.72 Å². The van der Waals surface area contributed by atoms with E-state index < -0.39 is 28.8 Å². The standard InChI is InChI=1S/C10H23NO5S/c1-4-10(7-12,8-13)11-17(14,15)6-5-16-9(2)3/h9,11-13H,4-8H2,1-3H3. The van der Waals surface area contributed by atoms with Crippen LogP contribution in [-0.2, 0) is 14.8 Å². The zero-order chi connectivity index (χ0) is 13.5. The Labute approximate surface area is 103 Å². The molecule has 104 valence electrons. The molecular weight excluding hydrogens is 246 g/mol. The summed E-state index contributed by atoms with van der Waals surface area (Å²) in [5, 5.41) is 18.3. The van der Waals surface area contributed by atoms with E-state index in [4.69, 9.17) is 14.9 Å². The molecule has 0 bridgehead atoms. The Morgan fingerprint density at radius 3 is 2.18 bits per heavy atom. The molecule has 0 atom stereocenters. The molecule has 0 heterocycles. The van der Waals surface area contributed by atoms with Crippen LogP contribution in [0, 0.1) is 0 Å². The van der Waals surface area contributed by atoms with Gasteiger partial charge in [0.05, 0.1) is 37.2 Å². The third-order valence-electron chi connectivity index (χ3n) is 2.46. The van der Waals surface area contributed by atoms with E-state index in [2.05, 4.69) is 4.72 Å². The number of aliphatic hydroxyl groups excluding tert-OH is 2. The Morgan fingerprint density at radius 2 is 1.82 bits per heavy atom. The fraction of sp³-hybridized carbons (Fsp3) is 1.00. The second kappa shape index (κ2) is 7.27. The third-order valence-corrected chi connectivity index (χ3v) is 3.91. The van der Waals surface area contributed by atoms with E-state index in [9.17, 15) is 8.42 Å². The molecule has 0 aliphatic carbocycles. The lowest BCUT2D eigenvalue weighted by molar-refractivity contribution is 0.0893. The van der Waals surface area contributed by atoms with Crippen molar-refractivity contribution in [3.8, 4) is 0 Å². The maximum absolute atomic E-state index is 11.7. The summed E-state index contributed by atoms with van der Waals surface area (Å²) in [5.41, 5.74) is -1.18. The van der Waals surface area contributed by atoms with E-state index in [1.807, 2.05) is 13.8 Å². The minimum Gasteiger partial charge on any atom is -0.394 e. The highest BCUT2D eigenvalue weighted by Crippen LogP contribution is 2.10. The molecule has 0 amide bonds. The summed E-state index contributed by atoms with van der Waals surface area (Å²) in [7, 11) is -3.57. The Hall–Kier alpha value is -0.210. The Balaban J connectivity index is 4.42. The second-order valence-corrected chi connectivity index (χ2v) is 6.13. The summed E-state index contributed by atoms with van der Waals surface area (Å²) in [5.74, 6) is -0.188. The van der Waals surface area contributed by atoms with Gasteiger partial charge in [0, 0.05) is 0 Å². The number of hydrogen-bond acceptors (Lipinski definition) is 5. The fourth-order valence-electron chi connectivity index (χ4n) is 1.18. The van der Waals surface area contributed by atoms with E-state index >= 15 is 0 Å². The summed E-state index contributed by atoms with van der Waals surface area (Å²) in [6, 6.07) is 0. The van der Waals surface area contributed by atoms with E-state index in [-0.39, 0.29) is 18.5 Å². The molecular formula is C10H23NO5S. The second-order valence-electron chi connectivity index (χ2n) is 4.29. The first kappa shape index (κ1) is 16.8. The number of rotatable bonds is 9. The molecule has 0 radical (unpaired) electrons. The van der Waals surface area contributed by atoms with Gasteiger partial charge >= 0.3 is 0 Å². The number of nitrogens with one attached hydrogen (secondary N) is 1. The minimum atomic E-state index is -3.57. The highest BCUT2D eigenvalue weighted by molar-refractivity contribution is 7.89. The first-order chi connectivity index (χ1) is 7.81. The Morgan fingerprint density at radius 1 is 1.29 bits per heavy atom. The summed E-state index contributed by atoms with van der Waals surface area (Å²) in [6.45, 7) is 4.54. The molecule has 7 heteroatoms. The first-order valence-corrected chi connectivity index (χ1v) is 7.31. The molecule has 0 spiro atoms. The lowest BCUT2D eigenvalue weighted by Gasteiger charge is -2.29. The van der Waals surface area contributed by atoms with Crippen LogP contribution in [0.3, 0.4) is 0 Å². The monoisotopic (exact) mass is 269 g/mol. The van der Waals surface area contributed by atoms with E-state index in [0.29, 0.717) is 6.42 Å². The van der Waals surface area contributed by atoms with Gasteiger partial charge in [-0.15, -0.1) is 0 Å². The Kier molecular flexibility index (Phi) is 7.18. The molecule has 6 nitrogen and oxygen atoms in total. The van der Waals surface area contributed by atoms with Gasteiger partial charge in [-0.2, -0.15) is 0 Å². The lowest BCUT2D eigenvalue weighted by Crippen LogP contribution is -2.54. The third kappa shape index (κ3) is 6.32. The van der Waals surface area contributed by atoms with Crippen LogP contribution in [-0.4, -0.2) is 55.8 Å². The summed E-state index contributed by atoms with van der Waals surface area (Å²) in [4.78, 5) is 0. The predicted octanol–water partition coefficient (Wildman–Crippen LogP) is -0.536. The molecule has 0 saturated heterocycles. The van der Waals surface area contributed by atoms with Gasteiger partial charge < -0.3 is 14.9 Å². The molecule has 0 rings (SSSR count). The van der Waals surface area contributed by atoms with E-state index in [1.54, 1.807) is 6.92 Å². The maximum atomic E-state index is 11.7. The molecule has 0 aromatic carbocycles. The van der Waals surface area contributed by atoms with E-state index in [1.165, 1.54) is 0 Å². The van der Waals surface area contributed by atoms with Crippen molar-refractivity contribution in [3.63, 3.8) is 0 Å². The number of hydrogen-bond donors (Lipinski definition) is 3. The van der Waals surface area contributed by atoms with Crippen LogP contribution in [0.2, 0.25) is 0 Å². The van der Waals surface area contributed by atoms with Gasteiger partial charge in [-0.05, 0) is 20.3 Å². The average Bonchev–Trinajstić information content (AvgIpc) is 2.25. The normalized spacial score (nSPS) is 13.3. The molecule has 0 aromatic rings. The molecule has 0 saturated carbocycles. The first-order valence-electron chi connectivity index (χ1n) is 5.66. The van der Waals surface area contributed by atoms with Crippen LogP contribution in [0.4, 0.5) is 0 Å². The van der Waals surface area contributed by atoms with Crippen molar-refractivity contribution in [2.24, 2.45) is 0 Å². The van der Waals surface area contributed by atoms with Crippen molar-refractivity contribution in [2.45, 2.75) is 38.8 Å². The zero-order valence-electron chi connectivity index (χ0n) is 10.6. The van der Waals surface area contributed by atoms with Gasteiger partial charge in [-0.25, -0.2) is 13.1 Å². The van der Waals surface area contributed by atoms with Gasteiger partial charge in [0.2, 0.25) is 10.0 Å².